The van der Waals surface area contributed by atoms with Gasteiger partial charge in [0.15, 0.2) is 0 Å². The Morgan fingerprint density at radius 3 is 2.80 bits per heavy atom. The third-order valence-corrected chi connectivity index (χ3v) is 8.05. The minimum absolute atomic E-state index is 0.130. The first-order valence-corrected chi connectivity index (χ1v) is 12.0. The predicted octanol–water partition coefficient (Wildman–Crippen LogP) is 3.71. The summed E-state index contributed by atoms with van der Waals surface area (Å²) in [6.45, 7) is 7.34. The van der Waals surface area contributed by atoms with Crippen molar-refractivity contribution in [2.24, 2.45) is 9.50 Å². The van der Waals surface area contributed by atoms with Gasteiger partial charge in [-0.25, -0.2) is 5.43 Å². The van der Waals surface area contributed by atoms with Gasteiger partial charge in [0.25, 0.3) is 15.9 Å². The first-order chi connectivity index (χ1) is 14.2. The molecular weight excluding hydrogens is 468 g/mol. The molecule has 0 aliphatic rings. The largest absolute Gasteiger partial charge is 0.466 e. The topological polar surface area (TPSA) is 106 Å². The summed E-state index contributed by atoms with van der Waals surface area (Å²) in [6.07, 6.45) is 2.91. The molecule has 158 valence electrons. The van der Waals surface area contributed by atoms with Gasteiger partial charge >= 0.3 is 0 Å². The van der Waals surface area contributed by atoms with E-state index in [1.165, 1.54) is 16.8 Å². The lowest BCUT2D eigenvalue weighted by Crippen LogP contribution is -2.17. The molecule has 0 atom stereocenters. The molecule has 0 radical (unpaired) electrons. The molecule has 0 aliphatic heterocycles. The number of thiophene rings is 1. The number of allylic oxidation sites excluding steroid dienone is 1. The van der Waals surface area contributed by atoms with Gasteiger partial charge in [-0.1, -0.05) is 35.1 Å². The number of rotatable bonds is 7. The standard InChI is InChI=1S/C18H17ClN4O4S3/c1-4-7-23-16(19)14(10-20-21-17(24)13-9-11(2)27-12(13)3)29-18(23)22-30(25,26)15-6-5-8-28-15/h4-6,8-10H,1,7H2,2-3H3,(H,21,24)/b20-10+,22-18-. The molecule has 0 saturated carbocycles. The van der Waals surface area contributed by atoms with Crippen LogP contribution in [0.5, 0.6) is 0 Å². The number of nitrogens with one attached hydrogen (secondary N) is 1. The van der Waals surface area contributed by atoms with E-state index in [1.54, 1.807) is 37.4 Å². The van der Waals surface area contributed by atoms with Gasteiger partial charge in [0.1, 0.15) is 20.9 Å². The molecule has 3 heterocycles. The van der Waals surface area contributed by atoms with Crippen LogP contribution in [0, 0.1) is 13.8 Å². The zero-order chi connectivity index (χ0) is 21.9. The molecule has 3 rings (SSSR count). The average Bonchev–Trinajstić information content (AvgIpc) is 3.39. The predicted molar refractivity (Wildman–Crippen MR) is 118 cm³/mol. The summed E-state index contributed by atoms with van der Waals surface area (Å²) < 4.78 is 35.9. The lowest BCUT2D eigenvalue weighted by atomic mass is 10.2. The van der Waals surface area contributed by atoms with Crippen molar-refractivity contribution in [3.63, 3.8) is 0 Å². The van der Waals surface area contributed by atoms with Crippen LogP contribution in [0.2, 0.25) is 5.15 Å². The molecule has 3 aromatic heterocycles. The monoisotopic (exact) mass is 484 g/mol. The molecule has 0 spiro atoms. The van der Waals surface area contributed by atoms with Crippen molar-refractivity contribution in [3.05, 3.63) is 68.1 Å². The number of thiazole rings is 1. The number of halogens is 1. The third-order valence-electron chi connectivity index (χ3n) is 3.77. The van der Waals surface area contributed by atoms with Crippen LogP contribution in [0.15, 0.2) is 54.4 Å². The van der Waals surface area contributed by atoms with Crippen molar-refractivity contribution < 1.29 is 17.6 Å². The van der Waals surface area contributed by atoms with Gasteiger partial charge in [0.05, 0.1) is 16.7 Å². The molecular formula is C18H17ClN4O4S3. The van der Waals surface area contributed by atoms with Crippen molar-refractivity contribution in [2.45, 2.75) is 24.6 Å². The van der Waals surface area contributed by atoms with E-state index in [-0.39, 0.29) is 20.7 Å². The summed E-state index contributed by atoms with van der Waals surface area (Å²) in [7, 11) is -3.87. The lowest BCUT2D eigenvalue weighted by Gasteiger charge is -2.00. The van der Waals surface area contributed by atoms with E-state index in [2.05, 4.69) is 21.5 Å². The fourth-order valence-electron chi connectivity index (χ4n) is 2.47. The molecule has 30 heavy (non-hydrogen) atoms. The van der Waals surface area contributed by atoms with Gasteiger partial charge < -0.3 is 8.98 Å². The summed E-state index contributed by atoms with van der Waals surface area (Å²) in [5.74, 6) is 0.669. The average molecular weight is 485 g/mol. The van der Waals surface area contributed by atoms with Crippen LogP contribution >= 0.6 is 34.3 Å². The number of carbonyl (C=O) groups is 1. The quantitative estimate of drug-likeness (QED) is 0.313. The van der Waals surface area contributed by atoms with Gasteiger partial charge in [-0.05, 0) is 31.4 Å². The summed E-state index contributed by atoms with van der Waals surface area (Å²) in [6, 6.07) is 4.73. The number of amides is 1. The zero-order valence-corrected chi connectivity index (χ0v) is 19.2. The number of furan rings is 1. The minimum atomic E-state index is -3.87. The Morgan fingerprint density at radius 1 is 1.43 bits per heavy atom. The maximum atomic E-state index is 12.5. The van der Waals surface area contributed by atoms with Crippen molar-refractivity contribution in [1.29, 1.82) is 0 Å². The highest BCUT2D eigenvalue weighted by atomic mass is 35.5. The van der Waals surface area contributed by atoms with Crippen LogP contribution in [0.4, 0.5) is 0 Å². The molecule has 0 bridgehead atoms. The Labute approximate surface area is 185 Å². The Bertz CT molecular complexity index is 1280. The van der Waals surface area contributed by atoms with E-state index in [1.807, 2.05) is 0 Å². The fraction of sp³-hybridized carbons (Fsp3) is 0.167. The molecule has 0 aromatic carbocycles. The Balaban J connectivity index is 1.91. The summed E-state index contributed by atoms with van der Waals surface area (Å²) in [4.78, 5) is 12.8. The number of hydrogen-bond donors (Lipinski definition) is 1. The van der Waals surface area contributed by atoms with E-state index >= 15 is 0 Å². The van der Waals surface area contributed by atoms with Crippen LogP contribution in [0.25, 0.3) is 0 Å². The van der Waals surface area contributed by atoms with Crippen LogP contribution in [0.3, 0.4) is 0 Å². The van der Waals surface area contributed by atoms with Crippen molar-refractivity contribution >= 4 is 56.4 Å². The summed E-state index contributed by atoms with van der Waals surface area (Å²) >= 11 is 8.48. The number of hydrogen-bond acceptors (Lipinski definition) is 7. The molecule has 12 heteroatoms. The maximum absolute atomic E-state index is 12.5. The third kappa shape index (κ3) is 4.81. The van der Waals surface area contributed by atoms with Crippen LogP contribution in [0.1, 0.15) is 26.8 Å². The van der Waals surface area contributed by atoms with Gasteiger partial charge in [0, 0.05) is 6.54 Å². The summed E-state index contributed by atoms with van der Waals surface area (Å²) in [5, 5.41) is 5.81. The molecule has 8 nitrogen and oxygen atoms in total. The van der Waals surface area contributed by atoms with Crippen molar-refractivity contribution in [3.8, 4) is 0 Å². The number of sulfonamides is 1. The van der Waals surface area contributed by atoms with Crippen LogP contribution < -0.4 is 10.2 Å². The van der Waals surface area contributed by atoms with E-state index in [9.17, 15) is 13.2 Å². The summed E-state index contributed by atoms with van der Waals surface area (Å²) in [5.41, 5.74) is 2.78. The van der Waals surface area contributed by atoms with Gasteiger partial charge in [-0.3, -0.25) is 4.79 Å². The highest BCUT2D eigenvalue weighted by Crippen LogP contribution is 2.21. The van der Waals surface area contributed by atoms with E-state index in [4.69, 9.17) is 16.0 Å². The number of carbonyl (C=O) groups excluding carboxylic acids is 1. The second-order valence-corrected chi connectivity index (χ2v) is 10.1. The van der Waals surface area contributed by atoms with Gasteiger partial charge in [0.2, 0.25) is 4.80 Å². The second kappa shape index (κ2) is 9.13. The van der Waals surface area contributed by atoms with Crippen LogP contribution in [-0.4, -0.2) is 25.1 Å². The highest BCUT2D eigenvalue weighted by molar-refractivity contribution is 7.92. The molecule has 0 fully saturated rings. The molecule has 0 saturated heterocycles. The molecule has 0 aliphatic carbocycles. The number of aromatic nitrogens is 1. The molecule has 3 aromatic rings. The van der Waals surface area contributed by atoms with E-state index < -0.39 is 15.9 Å². The fourth-order valence-corrected chi connectivity index (χ4v) is 5.91. The van der Waals surface area contributed by atoms with E-state index in [0.29, 0.717) is 22.0 Å². The SMILES string of the molecule is C=CCn1c(Cl)c(/C=N/NC(=O)c2cc(C)oc2C)s/c1=N\S(=O)(=O)c1cccs1. The number of aryl methyl sites for hydroxylation is 2. The minimum Gasteiger partial charge on any atom is -0.466 e. The zero-order valence-electron chi connectivity index (χ0n) is 16.0. The normalized spacial score (nSPS) is 12.6. The van der Waals surface area contributed by atoms with Crippen LogP contribution in [-0.2, 0) is 16.6 Å². The first-order valence-electron chi connectivity index (χ1n) is 8.48. The Kier molecular flexibility index (Phi) is 6.76. The Hall–Kier alpha value is -2.47. The number of hydrazone groups is 1. The molecule has 1 amide bonds. The lowest BCUT2D eigenvalue weighted by molar-refractivity contribution is 0.0953. The smallest absolute Gasteiger partial charge is 0.294 e. The first kappa shape index (κ1) is 22.2. The van der Waals surface area contributed by atoms with Crippen molar-refractivity contribution in [1.82, 2.24) is 9.99 Å². The van der Waals surface area contributed by atoms with Gasteiger partial charge in [-0.2, -0.15) is 13.5 Å². The Morgan fingerprint density at radius 2 is 2.20 bits per heavy atom. The van der Waals surface area contributed by atoms with Crippen molar-refractivity contribution in [2.75, 3.05) is 0 Å². The van der Waals surface area contributed by atoms with Gasteiger partial charge in [-0.15, -0.1) is 22.3 Å². The maximum Gasteiger partial charge on any atom is 0.294 e. The molecule has 0 unspecified atom stereocenters. The second-order valence-electron chi connectivity index (χ2n) is 5.96. The number of nitrogens with zero attached hydrogens (tertiary/aromatic N) is 3. The molecule has 1 N–H and O–H groups in total. The highest BCUT2D eigenvalue weighted by Gasteiger charge is 2.17. The van der Waals surface area contributed by atoms with E-state index in [0.717, 1.165) is 22.7 Å².